The van der Waals surface area contributed by atoms with Crippen LogP contribution in [-0.4, -0.2) is 38.8 Å². The summed E-state index contributed by atoms with van der Waals surface area (Å²) in [5.74, 6) is 0.756. The fraction of sp³-hybridized carbons (Fsp3) is 0.375. The molecule has 1 fully saturated rings. The van der Waals surface area contributed by atoms with Gasteiger partial charge >= 0.3 is 6.03 Å². The number of urea groups is 1. The predicted octanol–water partition coefficient (Wildman–Crippen LogP) is 2.59. The Morgan fingerprint density at radius 1 is 1.40 bits per heavy atom. The Labute approximate surface area is 153 Å². The number of rotatable bonds is 7. The first-order valence-electron chi connectivity index (χ1n) is 7.90. The second-order valence-corrected chi connectivity index (χ2v) is 7.73. The zero-order valence-electron chi connectivity index (χ0n) is 13.6. The quantitative estimate of drug-likeness (QED) is 0.568. The van der Waals surface area contributed by atoms with Crippen molar-refractivity contribution in [1.82, 2.24) is 15.3 Å². The molecule has 3 heterocycles. The molecule has 3 rings (SSSR count). The minimum absolute atomic E-state index is 0.316. The Morgan fingerprint density at radius 2 is 2.24 bits per heavy atom. The second kappa shape index (κ2) is 7.94. The lowest BCUT2D eigenvalue weighted by atomic mass is 10.1. The van der Waals surface area contributed by atoms with Crippen LogP contribution in [0.1, 0.15) is 31.4 Å². The van der Waals surface area contributed by atoms with Gasteiger partial charge < -0.3 is 5.11 Å². The first-order valence-corrected chi connectivity index (χ1v) is 9.77. The molecule has 2 atom stereocenters. The van der Waals surface area contributed by atoms with Crippen molar-refractivity contribution < 1.29 is 14.7 Å². The highest BCUT2D eigenvalue weighted by molar-refractivity contribution is 8.00. The fourth-order valence-corrected chi connectivity index (χ4v) is 4.24. The molecule has 0 bridgehead atoms. The Kier molecular flexibility index (Phi) is 5.67. The highest BCUT2D eigenvalue weighted by Crippen LogP contribution is 2.26. The number of aliphatic hydroxyl groups is 1. The third-order valence-corrected chi connectivity index (χ3v) is 5.88. The van der Waals surface area contributed by atoms with Crippen LogP contribution in [0.4, 0.5) is 10.6 Å². The molecule has 2 unspecified atom stereocenters. The number of thiazole rings is 1. The molecule has 1 aliphatic heterocycles. The van der Waals surface area contributed by atoms with Crippen LogP contribution >= 0.6 is 23.1 Å². The molecule has 132 valence electrons. The van der Waals surface area contributed by atoms with Crippen molar-refractivity contribution in [3.8, 4) is 0 Å². The number of imide groups is 1. The number of hydrogen-bond acceptors (Lipinski definition) is 7. The Morgan fingerprint density at radius 3 is 2.88 bits per heavy atom. The van der Waals surface area contributed by atoms with Crippen molar-refractivity contribution in [3.63, 3.8) is 0 Å². The highest BCUT2D eigenvalue weighted by Gasteiger charge is 2.39. The van der Waals surface area contributed by atoms with Crippen molar-refractivity contribution in [2.45, 2.75) is 36.3 Å². The van der Waals surface area contributed by atoms with Gasteiger partial charge in [-0.25, -0.2) is 14.8 Å². The number of hydrogen-bond donors (Lipinski definition) is 2. The standard InChI is InChI=1S/C16H18N4O3S2/c1-2-12(21)10-3-4-13(18-9-10)20-11(14(22)19-15(20)23)5-7-24-16-17-6-8-25-16/h3-4,6,8-9,11-12,21H,2,5,7H2,1H3,(H,19,22,23). The average molecular weight is 378 g/mol. The fourth-order valence-electron chi connectivity index (χ4n) is 2.54. The molecule has 0 radical (unpaired) electrons. The van der Waals surface area contributed by atoms with Crippen molar-refractivity contribution in [2.24, 2.45) is 0 Å². The molecule has 0 saturated carbocycles. The molecule has 1 saturated heterocycles. The molecule has 25 heavy (non-hydrogen) atoms. The van der Waals surface area contributed by atoms with Crippen LogP contribution in [0.2, 0.25) is 0 Å². The number of pyridine rings is 1. The second-order valence-electron chi connectivity index (χ2n) is 5.49. The van der Waals surface area contributed by atoms with Gasteiger partial charge in [0.2, 0.25) is 0 Å². The van der Waals surface area contributed by atoms with Gasteiger partial charge in [-0.05, 0) is 24.5 Å². The van der Waals surface area contributed by atoms with E-state index in [1.807, 2.05) is 12.3 Å². The van der Waals surface area contributed by atoms with Gasteiger partial charge in [0, 0.05) is 23.5 Å². The van der Waals surface area contributed by atoms with Crippen molar-refractivity contribution >= 4 is 40.9 Å². The third kappa shape index (κ3) is 4.00. The summed E-state index contributed by atoms with van der Waals surface area (Å²) < 4.78 is 0.937. The van der Waals surface area contributed by atoms with Crippen LogP contribution < -0.4 is 10.2 Å². The molecule has 0 spiro atoms. The summed E-state index contributed by atoms with van der Waals surface area (Å²) in [4.78, 5) is 34.1. The number of carbonyl (C=O) groups is 2. The van der Waals surface area contributed by atoms with E-state index in [1.165, 1.54) is 4.90 Å². The largest absolute Gasteiger partial charge is 0.388 e. The number of thioether (sulfide) groups is 1. The molecule has 0 aromatic carbocycles. The first kappa shape index (κ1) is 17.8. The maximum absolute atomic E-state index is 12.1. The van der Waals surface area contributed by atoms with Gasteiger partial charge in [0.15, 0.2) is 0 Å². The van der Waals surface area contributed by atoms with E-state index in [0.717, 1.165) is 4.34 Å². The lowest BCUT2D eigenvalue weighted by molar-refractivity contribution is -0.119. The maximum atomic E-state index is 12.1. The maximum Gasteiger partial charge on any atom is 0.330 e. The van der Waals surface area contributed by atoms with E-state index in [2.05, 4.69) is 15.3 Å². The van der Waals surface area contributed by atoms with Crippen LogP contribution in [0, 0.1) is 0 Å². The van der Waals surface area contributed by atoms with E-state index >= 15 is 0 Å². The number of nitrogens with one attached hydrogen (secondary N) is 1. The molecule has 1 aliphatic rings. The number of nitrogens with zero attached hydrogens (tertiary/aromatic N) is 3. The van der Waals surface area contributed by atoms with Crippen molar-refractivity contribution in [3.05, 3.63) is 35.5 Å². The Hall–Kier alpha value is -1.97. The molecule has 2 aromatic heterocycles. The van der Waals surface area contributed by atoms with Gasteiger partial charge in [-0.1, -0.05) is 24.8 Å². The molecule has 0 aliphatic carbocycles. The minimum Gasteiger partial charge on any atom is -0.388 e. The number of amides is 3. The van der Waals surface area contributed by atoms with Crippen molar-refractivity contribution in [2.75, 3.05) is 10.7 Å². The molecule has 9 heteroatoms. The lowest BCUT2D eigenvalue weighted by Crippen LogP contribution is -2.36. The average Bonchev–Trinajstić information content (AvgIpc) is 3.23. The summed E-state index contributed by atoms with van der Waals surface area (Å²) in [6, 6.07) is 2.33. The van der Waals surface area contributed by atoms with Gasteiger partial charge in [-0.3, -0.25) is 15.0 Å². The molecule has 2 aromatic rings. The summed E-state index contributed by atoms with van der Waals surface area (Å²) >= 11 is 3.10. The monoisotopic (exact) mass is 378 g/mol. The van der Waals surface area contributed by atoms with E-state index in [9.17, 15) is 14.7 Å². The van der Waals surface area contributed by atoms with Crippen LogP contribution in [0.3, 0.4) is 0 Å². The molecule has 2 N–H and O–H groups in total. The molecular weight excluding hydrogens is 360 g/mol. The summed E-state index contributed by atoms with van der Waals surface area (Å²) in [6.45, 7) is 1.88. The van der Waals surface area contributed by atoms with Crippen LogP contribution in [0.15, 0.2) is 34.2 Å². The molecule has 7 nitrogen and oxygen atoms in total. The third-order valence-electron chi connectivity index (χ3n) is 3.88. The smallest absolute Gasteiger partial charge is 0.330 e. The first-order chi connectivity index (χ1) is 12.1. The Balaban J connectivity index is 1.70. The summed E-state index contributed by atoms with van der Waals surface area (Å²) in [5.41, 5.74) is 0.688. The van der Waals surface area contributed by atoms with Crippen LogP contribution in [0.25, 0.3) is 0 Å². The van der Waals surface area contributed by atoms with E-state index in [-0.39, 0.29) is 5.91 Å². The zero-order chi connectivity index (χ0) is 17.8. The predicted molar refractivity (Wildman–Crippen MR) is 96.7 cm³/mol. The van der Waals surface area contributed by atoms with Crippen molar-refractivity contribution in [1.29, 1.82) is 0 Å². The topological polar surface area (TPSA) is 95.4 Å². The number of aromatic nitrogens is 2. The zero-order valence-corrected chi connectivity index (χ0v) is 15.2. The van der Waals surface area contributed by atoms with Gasteiger partial charge in [-0.15, -0.1) is 11.3 Å². The van der Waals surface area contributed by atoms with E-state index in [4.69, 9.17) is 0 Å². The van der Waals surface area contributed by atoms with Crippen LogP contribution in [0.5, 0.6) is 0 Å². The summed E-state index contributed by atoms with van der Waals surface area (Å²) in [7, 11) is 0. The SMILES string of the molecule is CCC(O)c1ccc(N2C(=O)NC(=O)C2CCSc2nccs2)nc1. The van der Waals surface area contributed by atoms with Gasteiger partial charge in [0.1, 0.15) is 16.2 Å². The minimum atomic E-state index is -0.589. The van der Waals surface area contributed by atoms with Crippen LogP contribution in [-0.2, 0) is 4.79 Å². The summed E-state index contributed by atoms with van der Waals surface area (Å²) in [5, 5.41) is 14.1. The number of anilines is 1. The summed E-state index contributed by atoms with van der Waals surface area (Å²) in [6.07, 6.45) is 3.78. The normalized spacial score (nSPS) is 18.5. The van der Waals surface area contributed by atoms with E-state index < -0.39 is 18.2 Å². The van der Waals surface area contributed by atoms with Gasteiger partial charge in [0.05, 0.1) is 6.10 Å². The van der Waals surface area contributed by atoms with Gasteiger partial charge in [-0.2, -0.15) is 0 Å². The van der Waals surface area contributed by atoms with Gasteiger partial charge in [0.25, 0.3) is 5.91 Å². The Bertz CT molecular complexity index is 736. The number of carbonyl (C=O) groups excluding carboxylic acids is 2. The molecular formula is C16H18N4O3S2. The van der Waals surface area contributed by atoms with E-state index in [0.29, 0.717) is 30.0 Å². The van der Waals surface area contributed by atoms with E-state index in [1.54, 1.807) is 47.6 Å². The molecule has 3 amide bonds. The highest BCUT2D eigenvalue weighted by atomic mass is 32.2. The lowest BCUT2D eigenvalue weighted by Gasteiger charge is -2.21. The number of aliphatic hydroxyl groups excluding tert-OH is 1.